The fourth-order valence-corrected chi connectivity index (χ4v) is 3.37. The third kappa shape index (κ3) is 5.49. The van der Waals surface area contributed by atoms with Gasteiger partial charge in [-0.1, -0.05) is 18.6 Å². The van der Waals surface area contributed by atoms with Crippen LogP contribution in [0, 0.1) is 0 Å². The van der Waals surface area contributed by atoms with E-state index in [1.807, 2.05) is 16.7 Å². The Morgan fingerprint density at radius 1 is 1.03 bits per heavy atom. The van der Waals surface area contributed by atoms with Crippen molar-refractivity contribution in [2.24, 2.45) is 0 Å². The van der Waals surface area contributed by atoms with Gasteiger partial charge in [-0.25, -0.2) is 5.48 Å². The summed E-state index contributed by atoms with van der Waals surface area (Å²) in [5, 5.41) is 11.8. The van der Waals surface area contributed by atoms with Crippen LogP contribution in [0.5, 0.6) is 5.75 Å². The van der Waals surface area contributed by atoms with Crippen LogP contribution >= 0.6 is 0 Å². The number of hydrogen-bond acceptors (Lipinski definition) is 5. The maximum Gasteiger partial charge on any atom is 0.261 e. The molecule has 0 unspecified atom stereocenters. The van der Waals surface area contributed by atoms with Crippen LogP contribution in [-0.4, -0.2) is 28.7 Å². The summed E-state index contributed by atoms with van der Waals surface area (Å²) < 4.78 is 7.01. The van der Waals surface area contributed by atoms with Crippen molar-refractivity contribution in [2.75, 3.05) is 12.4 Å². The van der Waals surface area contributed by atoms with E-state index in [1.165, 1.54) is 0 Å². The molecule has 31 heavy (non-hydrogen) atoms. The normalized spacial score (nSPS) is 10.6. The van der Waals surface area contributed by atoms with Gasteiger partial charge in [0.05, 0.1) is 12.6 Å². The Balaban J connectivity index is 1.80. The van der Waals surface area contributed by atoms with Gasteiger partial charge in [-0.05, 0) is 49.2 Å². The van der Waals surface area contributed by atoms with Crippen molar-refractivity contribution in [1.82, 2.24) is 10.0 Å². The van der Waals surface area contributed by atoms with Crippen molar-refractivity contribution < 1.29 is 19.5 Å². The Morgan fingerprint density at radius 2 is 1.77 bits per heavy atom. The number of nitrogens with zero attached hydrogens (tertiary/aromatic N) is 1. The fourth-order valence-electron chi connectivity index (χ4n) is 3.37. The molecular formula is C23H25N3O5. The lowest BCUT2D eigenvalue weighted by Gasteiger charge is -2.14. The number of ether oxygens (including phenoxy) is 1. The predicted octanol–water partition coefficient (Wildman–Crippen LogP) is 3.33. The van der Waals surface area contributed by atoms with Crippen LogP contribution in [0.2, 0.25) is 0 Å². The molecule has 0 aliphatic carbocycles. The highest BCUT2D eigenvalue weighted by atomic mass is 16.5. The van der Waals surface area contributed by atoms with Crippen molar-refractivity contribution in [3.05, 3.63) is 70.5 Å². The second-order valence-corrected chi connectivity index (χ2v) is 7.11. The average Bonchev–Trinajstić information content (AvgIpc) is 2.80. The molecule has 162 valence electrons. The van der Waals surface area contributed by atoms with Crippen LogP contribution in [0.1, 0.15) is 36.0 Å². The van der Waals surface area contributed by atoms with Gasteiger partial charge in [-0.2, -0.15) is 0 Å². The number of amides is 2. The molecule has 0 saturated carbocycles. The first-order valence-corrected chi connectivity index (χ1v) is 10.0. The Labute approximate surface area is 179 Å². The number of fused-ring (bicyclic) bond motifs is 1. The number of nitrogens with one attached hydrogen (secondary N) is 2. The maximum absolute atomic E-state index is 12.9. The standard InChI is InChI=1S/C23H25N3O5/c1-31-17-12-10-16(11-13-17)24-23(29)19-15-26(14-6-2-3-9-21(27)25-30)20-8-5-4-7-18(20)22(19)28/h4-5,7-8,10-13,15,30H,2-3,6,9,14H2,1H3,(H,24,29)(H,25,27). The van der Waals surface area contributed by atoms with Crippen LogP contribution in [0.25, 0.3) is 10.9 Å². The molecule has 2 aromatic carbocycles. The van der Waals surface area contributed by atoms with Crippen LogP contribution < -0.4 is 21.0 Å². The summed E-state index contributed by atoms with van der Waals surface area (Å²) in [4.78, 5) is 36.9. The van der Waals surface area contributed by atoms with E-state index in [-0.39, 0.29) is 17.4 Å². The molecular weight excluding hydrogens is 398 g/mol. The van der Waals surface area contributed by atoms with Gasteiger partial charge in [0, 0.05) is 30.2 Å². The second kappa shape index (κ2) is 10.4. The van der Waals surface area contributed by atoms with E-state index in [0.29, 0.717) is 29.8 Å². The molecule has 0 atom stereocenters. The zero-order valence-corrected chi connectivity index (χ0v) is 17.3. The number of para-hydroxylation sites is 1. The summed E-state index contributed by atoms with van der Waals surface area (Å²) >= 11 is 0. The Hall–Kier alpha value is -3.65. The molecule has 0 radical (unpaired) electrons. The topological polar surface area (TPSA) is 110 Å². The highest BCUT2D eigenvalue weighted by Gasteiger charge is 2.15. The van der Waals surface area contributed by atoms with Gasteiger partial charge >= 0.3 is 0 Å². The van der Waals surface area contributed by atoms with Crippen molar-refractivity contribution in [3.8, 4) is 5.75 Å². The summed E-state index contributed by atoms with van der Waals surface area (Å²) in [5.74, 6) is -0.219. The number of unbranched alkanes of at least 4 members (excludes halogenated alkanes) is 2. The molecule has 1 aromatic heterocycles. The summed E-state index contributed by atoms with van der Waals surface area (Å²) in [6.07, 6.45) is 3.99. The van der Waals surface area contributed by atoms with Crippen LogP contribution in [0.15, 0.2) is 59.5 Å². The Morgan fingerprint density at radius 3 is 2.48 bits per heavy atom. The third-order valence-corrected chi connectivity index (χ3v) is 5.01. The number of aromatic nitrogens is 1. The molecule has 0 aliphatic rings. The molecule has 8 heteroatoms. The molecule has 0 aliphatic heterocycles. The lowest BCUT2D eigenvalue weighted by atomic mass is 10.1. The monoisotopic (exact) mass is 423 g/mol. The first-order valence-electron chi connectivity index (χ1n) is 10.0. The summed E-state index contributed by atoms with van der Waals surface area (Å²) in [7, 11) is 1.56. The van der Waals surface area contributed by atoms with Gasteiger partial charge in [0.1, 0.15) is 11.3 Å². The quantitative estimate of drug-likeness (QED) is 0.278. The number of methoxy groups -OCH3 is 1. The lowest BCUT2D eigenvalue weighted by molar-refractivity contribution is -0.129. The number of carbonyl (C=O) groups excluding carboxylic acids is 2. The highest BCUT2D eigenvalue weighted by molar-refractivity contribution is 6.05. The number of hydrogen-bond donors (Lipinski definition) is 3. The molecule has 1 heterocycles. The lowest BCUT2D eigenvalue weighted by Crippen LogP contribution is -2.24. The van der Waals surface area contributed by atoms with Crippen LogP contribution in [-0.2, 0) is 11.3 Å². The van der Waals surface area contributed by atoms with Gasteiger partial charge in [0.15, 0.2) is 0 Å². The number of carbonyl (C=O) groups is 2. The maximum atomic E-state index is 12.9. The number of pyridine rings is 1. The van der Waals surface area contributed by atoms with E-state index in [1.54, 1.807) is 55.2 Å². The van der Waals surface area contributed by atoms with E-state index in [9.17, 15) is 14.4 Å². The highest BCUT2D eigenvalue weighted by Crippen LogP contribution is 2.17. The van der Waals surface area contributed by atoms with Gasteiger partial charge in [-0.3, -0.25) is 19.6 Å². The number of anilines is 1. The molecule has 0 spiro atoms. The van der Waals surface area contributed by atoms with Crippen LogP contribution in [0.4, 0.5) is 5.69 Å². The number of hydroxylamine groups is 1. The molecule has 3 aromatic rings. The zero-order valence-electron chi connectivity index (χ0n) is 17.3. The number of benzene rings is 2. The van der Waals surface area contributed by atoms with Gasteiger partial charge < -0.3 is 14.6 Å². The second-order valence-electron chi connectivity index (χ2n) is 7.11. The summed E-state index contributed by atoms with van der Waals surface area (Å²) in [5.41, 5.74) is 2.68. The summed E-state index contributed by atoms with van der Waals surface area (Å²) in [6.45, 7) is 0.588. The smallest absolute Gasteiger partial charge is 0.261 e. The van der Waals surface area contributed by atoms with E-state index in [4.69, 9.17) is 9.94 Å². The largest absolute Gasteiger partial charge is 0.497 e. The minimum absolute atomic E-state index is 0.0641. The molecule has 2 amide bonds. The Bertz CT molecular complexity index is 1120. The minimum Gasteiger partial charge on any atom is -0.497 e. The average molecular weight is 423 g/mol. The van der Waals surface area contributed by atoms with Crippen molar-refractivity contribution in [3.63, 3.8) is 0 Å². The van der Waals surface area contributed by atoms with Crippen molar-refractivity contribution in [2.45, 2.75) is 32.2 Å². The van der Waals surface area contributed by atoms with E-state index < -0.39 is 11.8 Å². The molecule has 0 fully saturated rings. The molecule has 3 rings (SSSR count). The first kappa shape index (κ1) is 22.0. The van der Waals surface area contributed by atoms with E-state index in [2.05, 4.69) is 5.32 Å². The SMILES string of the molecule is COc1ccc(NC(=O)c2cn(CCCCCC(=O)NO)c3ccccc3c2=O)cc1. The minimum atomic E-state index is -0.478. The number of rotatable bonds is 9. The number of aryl methyl sites for hydroxylation is 1. The molecule has 0 bridgehead atoms. The predicted molar refractivity (Wildman–Crippen MR) is 118 cm³/mol. The van der Waals surface area contributed by atoms with Crippen molar-refractivity contribution >= 4 is 28.4 Å². The van der Waals surface area contributed by atoms with E-state index in [0.717, 1.165) is 18.4 Å². The molecule has 8 nitrogen and oxygen atoms in total. The van der Waals surface area contributed by atoms with Gasteiger partial charge in [-0.15, -0.1) is 0 Å². The fraction of sp³-hybridized carbons (Fsp3) is 0.261. The molecule has 3 N–H and O–H groups in total. The third-order valence-electron chi connectivity index (χ3n) is 5.01. The van der Waals surface area contributed by atoms with E-state index >= 15 is 0 Å². The zero-order chi connectivity index (χ0) is 22.2. The van der Waals surface area contributed by atoms with Crippen molar-refractivity contribution in [1.29, 1.82) is 0 Å². The van der Waals surface area contributed by atoms with Gasteiger partial charge in [0.2, 0.25) is 11.3 Å². The Kier molecular flexibility index (Phi) is 7.40. The molecule has 0 saturated heterocycles. The summed E-state index contributed by atoms with van der Waals surface area (Å²) in [6, 6.07) is 14.0. The van der Waals surface area contributed by atoms with Gasteiger partial charge in [0.25, 0.3) is 5.91 Å². The van der Waals surface area contributed by atoms with Crippen LogP contribution in [0.3, 0.4) is 0 Å². The first-order chi connectivity index (χ1) is 15.0.